The Labute approximate surface area is 206 Å². The molecule has 4 N–H and O–H groups in total. The summed E-state index contributed by atoms with van der Waals surface area (Å²) in [6, 6.07) is 8.55. The second-order valence-corrected chi connectivity index (χ2v) is 10.2. The van der Waals surface area contributed by atoms with Gasteiger partial charge in [0, 0.05) is 5.41 Å². The van der Waals surface area contributed by atoms with Crippen LogP contribution in [0, 0.1) is 11.3 Å². The molecular formula is C20H31N2NaO7S. The van der Waals surface area contributed by atoms with Gasteiger partial charge >= 0.3 is 35.5 Å². The number of ether oxygens (including phenoxy) is 1. The number of esters is 1. The Kier molecular flexibility index (Phi) is 10.9. The van der Waals surface area contributed by atoms with Crippen molar-refractivity contribution in [3.8, 4) is 0 Å². The minimum Gasteiger partial charge on any atom is -0.746 e. The standard InChI is InChI=1S/C20H32N2O7S.Na/c1-14(2)11-19(22-16(23)12-21,20(25,18(3,4)5)30(26,27)28)17(24)29-13-15-9-7-6-8-10-15;/h6-10,14,25H,11-13,21H2,1-5H3,(H,22,23)(H,26,27,28);/q;+1/p-1. The summed E-state index contributed by atoms with van der Waals surface area (Å²) in [5.41, 5.74) is 1.71. The summed E-state index contributed by atoms with van der Waals surface area (Å²) in [6.45, 7) is 6.31. The Hall–Kier alpha value is -1.01. The maximum absolute atomic E-state index is 13.3. The molecule has 2 unspecified atom stereocenters. The van der Waals surface area contributed by atoms with Gasteiger partial charge in [-0.2, -0.15) is 0 Å². The topological polar surface area (TPSA) is 159 Å². The summed E-state index contributed by atoms with van der Waals surface area (Å²) in [5, 5.41) is 13.6. The van der Waals surface area contributed by atoms with Gasteiger partial charge in [-0.05, 0) is 17.9 Å². The van der Waals surface area contributed by atoms with E-state index in [-0.39, 0.29) is 42.6 Å². The molecular weight excluding hydrogens is 435 g/mol. The Balaban J connectivity index is 0.00000900. The van der Waals surface area contributed by atoms with Crippen molar-refractivity contribution in [1.82, 2.24) is 5.32 Å². The summed E-state index contributed by atoms with van der Waals surface area (Å²) in [6.07, 6.45) is -0.373. The molecule has 11 heteroatoms. The van der Waals surface area contributed by atoms with E-state index in [9.17, 15) is 27.7 Å². The predicted molar refractivity (Wildman–Crippen MR) is 110 cm³/mol. The van der Waals surface area contributed by atoms with Crippen LogP contribution in [0.2, 0.25) is 0 Å². The molecule has 0 spiro atoms. The fourth-order valence-corrected chi connectivity index (χ4v) is 4.92. The third-order valence-electron chi connectivity index (χ3n) is 4.77. The minimum absolute atomic E-state index is 0. The summed E-state index contributed by atoms with van der Waals surface area (Å²) in [7, 11) is -5.56. The largest absolute Gasteiger partial charge is 1.00 e. The average molecular weight is 467 g/mol. The van der Waals surface area contributed by atoms with E-state index in [0.29, 0.717) is 5.56 Å². The van der Waals surface area contributed by atoms with Crippen molar-refractivity contribution in [2.24, 2.45) is 17.1 Å². The number of carbonyl (C=O) groups is 2. The van der Waals surface area contributed by atoms with Gasteiger partial charge in [-0.3, -0.25) is 4.79 Å². The summed E-state index contributed by atoms with van der Waals surface area (Å²) >= 11 is 0. The van der Waals surface area contributed by atoms with Crippen LogP contribution in [-0.4, -0.2) is 47.0 Å². The van der Waals surface area contributed by atoms with Gasteiger partial charge in [-0.1, -0.05) is 65.0 Å². The van der Waals surface area contributed by atoms with Crippen LogP contribution in [0.15, 0.2) is 30.3 Å². The van der Waals surface area contributed by atoms with Crippen molar-refractivity contribution in [2.45, 2.75) is 58.1 Å². The van der Waals surface area contributed by atoms with E-state index in [1.165, 1.54) is 20.8 Å². The Morgan fingerprint density at radius 1 is 1.19 bits per heavy atom. The predicted octanol–water partition coefficient (Wildman–Crippen LogP) is -2.13. The monoisotopic (exact) mass is 466 g/mol. The fourth-order valence-electron chi connectivity index (χ4n) is 3.52. The average Bonchev–Trinajstić information content (AvgIpc) is 2.63. The van der Waals surface area contributed by atoms with Crippen LogP contribution in [-0.2, 0) is 31.1 Å². The third kappa shape index (κ3) is 6.50. The van der Waals surface area contributed by atoms with Crippen molar-refractivity contribution in [1.29, 1.82) is 0 Å². The number of benzene rings is 1. The molecule has 0 fully saturated rings. The van der Waals surface area contributed by atoms with E-state index >= 15 is 0 Å². The molecule has 0 aliphatic carbocycles. The molecule has 1 aromatic rings. The van der Waals surface area contributed by atoms with Crippen LogP contribution >= 0.6 is 0 Å². The third-order valence-corrected chi connectivity index (χ3v) is 6.46. The molecule has 0 saturated heterocycles. The molecule has 1 aromatic carbocycles. The first-order valence-corrected chi connectivity index (χ1v) is 10.9. The van der Waals surface area contributed by atoms with E-state index in [1.54, 1.807) is 44.2 Å². The van der Waals surface area contributed by atoms with Crippen LogP contribution in [0.4, 0.5) is 0 Å². The van der Waals surface area contributed by atoms with E-state index in [1.807, 2.05) is 0 Å². The Morgan fingerprint density at radius 2 is 1.71 bits per heavy atom. The minimum atomic E-state index is -5.56. The van der Waals surface area contributed by atoms with Gasteiger partial charge in [0.1, 0.15) is 16.7 Å². The maximum atomic E-state index is 13.3. The number of nitrogens with two attached hydrogens (primary N) is 1. The van der Waals surface area contributed by atoms with Crippen molar-refractivity contribution in [3.63, 3.8) is 0 Å². The molecule has 1 rings (SSSR count). The van der Waals surface area contributed by atoms with Crippen LogP contribution in [0.1, 0.15) is 46.6 Å². The Morgan fingerprint density at radius 3 is 2.10 bits per heavy atom. The SMILES string of the molecule is CC(C)CC(NC(=O)CN)(C(=O)OCc1ccccc1)C(O)(C(C)(C)C)S(=O)(=O)[O-].[Na+]. The molecule has 2 atom stereocenters. The second kappa shape index (κ2) is 11.2. The smallest absolute Gasteiger partial charge is 0.746 e. The first kappa shape index (κ1) is 30.0. The van der Waals surface area contributed by atoms with Gasteiger partial charge in [0.05, 0.1) is 6.54 Å². The number of nitrogens with one attached hydrogen (secondary N) is 1. The molecule has 170 valence electrons. The van der Waals surface area contributed by atoms with Gasteiger partial charge in [0.15, 0.2) is 10.5 Å². The molecule has 0 aliphatic rings. The van der Waals surface area contributed by atoms with Gasteiger partial charge < -0.3 is 25.4 Å². The van der Waals surface area contributed by atoms with Crippen molar-refractivity contribution >= 4 is 22.0 Å². The quantitative estimate of drug-likeness (QED) is 0.212. The second-order valence-electron chi connectivity index (χ2n) is 8.67. The zero-order valence-corrected chi connectivity index (χ0v) is 21.8. The van der Waals surface area contributed by atoms with Gasteiger partial charge in [0.25, 0.3) is 0 Å². The van der Waals surface area contributed by atoms with Crippen LogP contribution in [0.3, 0.4) is 0 Å². The first-order chi connectivity index (χ1) is 13.6. The van der Waals surface area contributed by atoms with E-state index in [2.05, 4.69) is 5.32 Å². The van der Waals surface area contributed by atoms with Crippen molar-refractivity contribution in [2.75, 3.05) is 6.54 Å². The number of hydrogen-bond donors (Lipinski definition) is 3. The molecule has 0 aliphatic heterocycles. The van der Waals surface area contributed by atoms with E-state index in [4.69, 9.17) is 10.5 Å². The van der Waals surface area contributed by atoms with E-state index < -0.39 is 50.3 Å². The number of rotatable bonds is 9. The molecule has 0 aromatic heterocycles. The van der Waals surface area contributed by atoms with Crippen molar-refractivity contribution < 1.29 is 62.0 Å². The van der Waals surface area contributed by atoms with Crippen LogP contribution < -0.4 is 40.6 Å². The van der Waals surface area contributed by atoms with Gasteiger partial charge in [-0.25, -0.2) is 13.2 Å². The first-order valence-electron chi connectivity index (χ1n) is 9.52. The molecule has 31 heavy (non-hydrogen) atoms. The molecule has 0 saturated carbocycles. The fraction of sp³-hybridized carbons (Fsp3) is 0.600. The number of aliphatic hydroxyl groups is 1. The van der Waals surface area contributed by atoms with Crippen molar-refractivity contribution in [3.05, 3.63) is 35.9 Å². The summed E-state index contributed by atoms with van der Waals surface area (Å²) in [4.78, 5) is 22.3. The molecule has 0 heterocycles. The number of carbonyl (C=O) groups excluding carboxylic acids is 2. The molecule has 0 bridgehead atoms. The molecule has 0 radical (unpaired) electrons. The van der Waals surface area contributed by atoms with Gasteiger partial charge in [-0.15, -0.1) is 0 Å². The van der Waals surface area contributed by atoms with E-state index in [0.717, 1.165) is 0 Å². The molecule has 9 nitrogen and oxygen atoms in total. The normalized spacial score (nSPS) is 15.9. The zero-order chi connectivity index (χ0) is 23.4. The molecule has 1 amide bonds. The van der Waals surface area contributed by atoms with Crippen LogP contribution in [0.5, 0.6) is 0 Å². The summed E-state index contributed by atoms with van der Waals surface area (Å²) < 4.78 is 42.5. The van der Waals surface area contributed by atoms with Crippen LogP contribution in [0.25, 0.3) is 0 Å². The number of hydrogen-bond acceptors (Lipinski definition) is 8. The zero-order valence-electron chi connectivity index (χ0n) is 19.0. The summed E-state index contributed by atoms with van der Waals surface area (Å²) in [5.74, 6) is -2.57. The maximum Gasteiger partial charge on any atom is 1.00 e. The number of amides is 1. The Bertz CT molecular complexity index is 856. The van der Waals surface area contributed by atoms with Gasteiger partial charge in [0.2, 0.25) is 5.91 Å².